The molecule has 1 aliphatic rings. The average molecular weight is 429 g/mol. The molecule has 0 spiro atoms. The van der Waals surface area contributed by atoms with E-state index in [1.807, 2.05) is 12.1 Å². The summed E-state index contributed by atoms with van der Waals surface area (Å²) in [6.45, 7) is 2.65. The van der Waals surface area contributed by atoms with Crippen LogP contribution < -0.4 is 16.3 Å². The van der Waals surface area contributed by atoms with Crippen molar-refractivity contribution in [1.29, 1.82) is 0 Å². The minimum absolute atomic E-state index is 0.0589. The molecule has 1 fully saturated rings. The number of nitrogens with zero attached hydrogens (tertiary/aromatic N) is 6. The zero-order valence-corrected chi connectivity index (χ0v) is 16.6. The summed E-state index contributed by atoms with van der Waals surface area (Å²) in [6, 6.07) is 8.17. The molecule has 3 heterocycles. The lowest BCUT2D eigenvalue weighted by molar-refractivity contribution is 0.122. The zero-order chi connectivity index (χ0) is 21.8. The van der Waals surface area contributed by atoms with Crippen LogP contribution in [0, 0.1) is 5.82 Å². The van der Waals surface area contributed by atoms with Gasteiger partial charge in [0, 0.05) is 31.4 Å². The van der Waals surface area contributed by atoms with Crippen LogP contribution in [0.3, 0.4) is 0 Å². The highest BCUT2D eigenvalue weighted by molar-refractivity contribution is 5.65. The molecule has 0 saturated carbocycles. The lowest BCUT2D eigenvalue weighted by Crippen LogP contribution is -2.36. The Kier molecular flexibility index (Phi) is 6.14. The Morgan fingerprint density at radius 1 is 1.16 bits per heavy atom. The number of hydrogen-bond donors (Lipinski definition) is 1. The van der Waals surface area contributed by atoms with Crippen molar-refractivity contribution in [2.75, 3.05) is 37.7 Å². The Morgan fingerprint density at radius 3 is 2.58 bits per heavy atom. The van der Waals surface area contributed by atoms with Crippen molar-refractivity contribution in [2.45, 2.75) is 6.54 Å². The summed E-state index contributed by atoms with van der Waals surface area (Å²) in [6.07, 6.45) is 2.00. The van der Waals surface area contributed by atoms with Crippen molar-refractivity contribution in [2.24, 2.45) is 5.73 Å². The van der Waals surface area contributed by atoms with Gasteiger partial charge in [-0.1, -0.05) is 6.07 Å². The molecule has 2 N–H and O–H groups in total. The van der Waals surface area contributed by atoms with Crippen LogP contribution in [-0.4, -0.2) is 57.6 Å². The van der Waals surface area contributed by atoms with Crippen molar-refractivity contribution in [3.05, 3.63) is 64.7 Å². The third-order valence-electron chi connectivity index (χ3n) is 5.00. The second kappa shape index (κ2) is 9.14. The van der Waals surface area contributed by atoms with Gasteiger partial charge in [-0.2, -0.15) is 9.36 Å². The summed E-state index contributed by atoms with van der Waals surface area (Å²) in [5.41, 5.74) is 6.14. The molecule has 0 unspecified atom stereocenters. The normalized spacial score (nSPS) is 14.8. The van der Waals surface area contributed by atoms with Crippen LogP contribution in [0.4, 0.5) is 14.6 Å². The van der Waals surface area contributed by atoms with E-state index in [1.54, 1.807) is 12.3 Å². The van der Waals surface area contributed by atoms with Crippen LogP contribution >= 0.6 is 0 Å². The fourth-order valence-electron chi connectivity index (χ4n) is 3.26. The second-order valence-corrected chi connectivity index (χ2v) is 6.97. The average Bonchev–Trinajstić information content (AvgIpc) is 3.17. The number of hydrogen-bond acceptors (Lipinski definition) is 7. The van der Waals surface area contributed by atoms with E-state index in [9.17, 15) is 13.6 Å². The Hall–Kier alpha value is -3.44. The molecule has 1 aliphatic heterocycles. The van der Waals surface area contributed by atoms with Crippen LogP contribution in [-0.2, 0) is 11.3 Å². The molecule has 0 radical (unpaired) electrons. The molecule has 0 bridgehead atoms. The zero-order valence-electron chi connectivity index (χ0n) is 16.6. The Bertz CT molecular complexity index is 1140. The highest BCUT2D eigenvalue weighted by Crippen LogP contribution is 2.24. The molecule has 31 heavy (non-hydrogen) atoms. The van der Waals surface area contributed by atoms with E-state index in [4.69, 9.17) is 10.5 Å². The third-order valence-corrected chi connectivity index (χ3v) is 5.00. The molecular weight excluding hydrogens is 408 g/mol. The highest BCUT2D eigenvalue weighted by Gasteiger charge is 2.16. The number of aromatic nitrogens is 5. The van der Waals surface area contributed by atoms with Crippen LogP contribution in [0.5, 0.6) is 0 Å². The minimum atomic E-state index is -0.698. The van der Waals surface area contributed by atoms with Gasteiger partial charge in [0.25, 0.3) is 0 Å². The van der Waals surface area contributed by atoms with E-state index in [-0.39, 0.29) is 24.4 Å². The molecule has 9 nitrogen and oxygen atoms in total. The molecule has 1 aromatic carbocycles. The van der Waals surface area contributed by atoms with E-state index < -0.39 is 11.5 Å². The number of morpholine rings is 1. The molecule has 2 aromatic heterocycles. The fourth-order valence-corrected chi connectivity index (χ4v) is 3.26. The molecule has 0 aliphatic carbocycles. The van der Waals surface area contributed by atoms with Crippen LogP contribution in [0.15, 0.2) is 53.2 Å². The van der Waals surface area contributed by atoms with Gasteiger partial charge in [0.15, 0.2) is 0 Å². The molecule has 1 saturated heterocycles. The highest BCUT2D eigenvalue weighted by atomic mass is 19.1. The number of pyridine rings is 1. The van der Waals surface area contributed by atoms with Gasteiger partial charge in [-0.05, 0) is 45.8 Å². The van der Waals surface area contributed by atoms with Crippen molar-refractivity contribution >= 4 is 5.82 Å². The number of rotatable bonds is 6. The molecule has 0 amide bonds. The first kappa shape index (κ1) is 20.8. The summed E-state index contributed by atoms with van der Waals surface area (Å²) in [5, 5.41) is 7.36. The third kappa shape index (κ3) is 4.37. The van der Waals surface area contributed by atoms with E-state index in [1.165, 1.54) is 12.1 Å². The Labute approximate surface area is 176 Å². The number of ether oxygens (including phenoxy) is 1. The maximum atomic E-state index is 14.8. The fraction of sp³-hybridized carbons (Fsp3) is 0.300. The van der Waals surface area contributed by atoms with Crippen LogP contribution in [0.25, 0.3) is 16.8 Å². The Morgan fingerprint density at radius 2 is 1.94 bits per heavy atom. The molecule has 3 aromatic rings. The van der Waals surface area contributed by atoms with Gasteiger partial charge in [0.2, 0.25) is 0 Å². The summed E-state index contributed by atoms with van der Waals surface area (Å²) in [5.74, 6) is 0.190. The van der Waals surface area contributed by atoms with Gasteiger partial charge >= 0.3 is 5.69 Å². The maximum absolute atomic E-state index is 14.8. The molecule has 0 atom stereocenters. The first-order chi connectivity index (χ1) is 15.1. The van der Waals surface area contributed by atoms with E-state index in [0.29, 0.717) is 25.1 Å². The molecule has 162 valence electrons. The standard InChI is InChI=1S/C20H21F2N7O2/c21-10-14(11-23)13-28-20(30)29(26-25-28)18-3-1-15(9-17(18)22)16-2-4-19(24-12-16)27-5-7-31-8-6-27/h1-4,9-10,12H,5-8,11,13,23H2/b14-10+. The van der Waals surface area contributed by atoms with Gasteiger partial charge in [0.1, 0.15) is 17.3 Å². The number of benzene rings is 1. The Balaban J connectivity index is 1.56. The largest absolute Gasteiger partial charge is 0.378 e. The van der Waals surface area contributed by atoms with Crippen molar-refractivity contribution in [1.82, 2.24) is 24.8 Å². The number of nitrogens with two attached hydrogens (primary N) is 1. The van der Waals surface area contributed by atoms with E-state index in [0.717, 1.165) is 33.8 Å². The minimum Gasteiger partial charge on any atom is -0.378 e. The SMILES string of the molecule is NC/C(=C\F)Cn1nnn(-c2ccc(-c3ccc(N4CCOCC4)nc3)cc2F)c1=O. The monoisotopic (exact) mass is 429 g/mol. The lowest BCUT2D eigenvalue weighted by atomic mass is 10.1. The first-order valence-corrected chi connectivity index (χ1v) is 9.71. The molecule has 4 rings (SSSR count). The smallest absolute Gasteiger partial charge is 0.368 e. The first-order valence-electron chi connectivity index (χ1n) is 9.71. The van der Waals surface area contributed by atoms with Gasteiger partial charge in [0.05, 0.1) is 26.1 Å². The predicted molar refractivity (Wildman–Crippen MR) is 110 cm³/mol. The van der Waals surface area contributed by atoms with E-state index in [2.05, 4.69) is 20.3 Å². The summed E-state index contributed by atoms with van der Waals surface area (Å²) in [4.78, 5) is 19.0. The molecule has 11 heteroatoms. The van der Waals surface area contributed by atoms with E-state index >= 15 is 0 Å². The van der Waals surface area contributed by atoms with Gasteiger partial charge in [-0.3, -0.25) is 0 Å². The predicted octanol–water partition coefficient (Wildman–Crippen LogP) is 1.28. The second-order valence-electron chi connectivity index (χ2n) is 6.97. The maximum Gasteiger partial charge on any atom is 0.368 e. The summed E-state index contributed by atoms with van der Waals surface area (Å²) >= 11 is 0. The van der Waals surface area contributed by atoms with Crippen molar-refractivity contribution in [3.63, 3.8) is 0 Å². The number of tetrazole rings is 1. The van der Waals surface area contributed by atoms with Crippen LogP contribution in [0.1, 0.15) is 0 Å². The lowest BCUT2D eigenvalue weighted by Gasteiger charge is -2.27. The van der Waals surface area contributed by atoms with Gasteiger partial charge < -0.3 is 15.4 Å². The quantitative estimate of drug-likeness (QED) is 0.629. The number of halogens is 2. The van der Waals surface area contributed by atoms with Crippen molar-refractivity contribution in [3.8, 4) is 16.8 Å². The van der Waals surface area contributed by atoms with Gasteiger partial charge in [-0.25, -0.2) is 18.6 Å². The summed E-state index contributed by atoms with van der Waals surface area (Å²) in [7, 11) is 0. The summed E-state index contributed by atoms with van der Waals surface area (Å²) < 4.78 is 34.6. The molecular formula is C20H21F2N7O2. The topological polar surface area (TPSA) is 104 Å². The van der Waals surface area contributed by atoms with Gasteiger partial charge in [-0.15, -0.1) is 0 Å². The van der Waals surface area contributed by atoms with Crippen LogP contribution in [0.2, 0.25) is 0 Å². The van der Waals surface area contributed by atoms with Crippen molar-refractivity contribution < 1.29 is 13.5 Å². The number of anilines is 1.